The van der Waals surface area contributed by atoms with Crippen molar-refractivity contribution < 1.29 is 9.53 Å². The molecule has 5 heterocycles. The van der Waals surface area contributed by atoms with E-state index in [0.29, 0.717) is 23.8 Å². The van der Waals surface area contributed by atoms with Crippen molar-refractivity contribution in [1.82, 2.24) is 19.5 Å². The highest BCUT2D eigenvalue weighted by Gasteiger charge is 2.47. The van der Waals surface area contributed by atoms with E-state index in [4.69, 9.17) is 16.1 Å². The molecule has 32 heavy (non-hydrogen) atoms. The summed E-state index contributed by atoms with van der Waals surface area (Å²) in [6, 6.07) is 8.80. The molecule has 2 bridgehead atoms. The van der Waals surface area contributed by atoms with Gasteiger partial charge < -0.3 is 9.64 Å². The minimum Gasteiger partial charge on any atom is -0.492 e. The van der Waals surface area contributed by atoms with E-state index in [-0.39, 0.29) is 18.0 Å². The van der Waals surface area contributed by atoms with Crippen LogP contribution >= 0.6 is 0 Å². The Morgan fingerprint density at radius 2 is 2.09 bits per heavy atom. The first-order chi connectivity index (χ1) is 15.6. The van der Waals surface area contributed by atoms with Gasteiger partial charge in [0.05, 0.1) is 30.1 Å². The highest BCUT2D eigenvalue weighted by molar-refractivity contribution is 5.94. The fourth-order valence-corrected chi connectivity index (χ4v) is 5.20. The van der Waals surface area contributed by atoms with Gasteiger partial charge in [-0.2, -0.15) is 10.4 Å². The Hall–Kier alpha value is -3.84. The molecule has 6 rings (SSSR count). The molecule has 160 valence electrons. The number of pyridine rings is 2. The number of terminal acetylenes is 1. The number of amides is 1. The molecule has 3 aromatic heterocycles. The summed E-state index contributed by atoms with van der Waals surface area (Å²) in [5.41, 5.74) is 4.07. The maximum absolute atomic E-state index is 11.9. The quantitative estimate of drug-likeness (QED) is 0.586. The molecule has 1 amide bonds. The van der Waals surface area contributed by atoms with Crippen molar-refractivity contribution in [2.45, 2.75) is 44.7 Å². The van der Waals surface area contributed by atoms with Crippen LogP contribution in [0.25, 0.3) is 16.6 Å². The molecule has 0 radical (unpaired) electrons. The van der Waals surface area contributed by atoms with Crippen LogP contribution in [-0.2, 0) is 11.2 Å². The summed E-state index contributed by atoms with van der Waals surface area (Å²) >= 11 is 0. The van der Waals surface area contributed by atoms with Gasteiger partial charge in [0.2, 0.25) is 0 Å². The van der Waals surface area contributed by atoms with E-state index in [0.717, 1.165) is 48.0 Å². The number of nitrogens with zero attached hydrogens (tertiary/aromatic N) is 5. The fraction of sp³-hybridized carbons (Fsp3) is 0.360. The van der Waals surface area contributed by atoms with Crippen LogP contribution in [0.2, 0.25) is 0 Å². The Balaban J connectivity index is 1.36. The molecule has 1 aliphatic carbocycles. The highest BCUT2D eigenvalue weighted by Crippen LogP contribution is 2.42. The first kappa shape index (κ1) is 20.1. The number of fused-ring (bicyclic) bond motifs is 3. The lowest BCUT2D eigenvalue weighted by Gasteiger charge is -2.54. The standard InChI is InChI=1S/C25H23N5O2/c1-3-24(31)30-20-8-16(9-21(30)10-20)7-19-6-5-17(13-27-19)23-11-22(32-4-2)15-29-25(23)18(12-26)14-28-29/h1,5-6,11,13-16,20-21H,4,7-10H2,2H3. The van der Waals surface area contributed by atoms with E-state index in [1.165, 1.54) is 0 Å². The summed E-state index contributed by atoms with van der Waals surface area (Å²) < 4.78 is 7.37. The Bertz CT molecular complexity index is 1250. The molecular formula is C25H23N5O2. The van der Waals surface area contributed by atoms with E-state index in [2.05, 4.69) is 17.1 Å². The minimum absolute atomic E-state index is 0.176. The van der Waals surface area contributed by atoms with Gasteiger partial charge in [-0.1, -0.05) is 6.07 Å². The van der Waals surface area contributed by atoms with Crippen LogP contribution in [0.3, 0.4) is 0 Å². The van der Waals surface area contributed by atoms with Gasteiger partial charge in [0.1, 0.15) is 11.8 Å². The van der Waals surface area contributed by atoms with Crippen molar-refractivity contribution in [3.05, 3.63) is 48.0 Å². The first-order valence-corrected chi connectivity index (χ1v) is 10.9. The molecule has 7 nitrogen and oxygen atoms in total. The lowest BCUT2D eigenvalue weighted by molar-refractivity contribution is -0.145. The minimum atomic E-state index is -0.176. The van der Waals surface area contributed by atoms with Gasteiger partial charge in [-0.05, 0) is 56.6 Å². The number of carbonyl (C=O) groups excluding carboxylic acids is 1. The van der Waals surface area contributed by atoms with E-state index in [9.17, 15) is 10.1 Å². The van der Waals surface area contributed by atoms with Crippen molar-refractivity contribution >= 4 is 11.4 Å². The molecule has 7 heteroatoms. The molecule has 2 unspecified atom stereocenters. The monoisotopic (exact) mass is 425 g/mol. The van der Waals surface area contributed by atoms with E-state index < -0.39 is 0 Å². The number of ether oxygens (including phenoxy) is 1. The third kappa shape index (κ3) is 3.36. The summed E-state index contributed by atoms with van der Waals surface area (Å²) in [6.07, 6.45) is 14.4. The molecule has 3 fully saturated rings. The van der Waals surface area contributed by atoms with Crippen LogP contribution in [0.15, 0.2) is 36.8 Å². The largest absolute Gasteiger partial charge is 0.492 e. The second kappa shape index (κ2) is 8.01. The van der Waals surface area contributed by atoms with Crippen molar-refractivity contribution in [3.8, 4) is 35.3 Å². The molecular weight excluding hydrogens is 402 g/mol. The lowest BCUT2D eigenvalue weighted by atomic mass is 9.72. The van der Waals surface area contributed by atoms with E-state index in [1.54, 1.807) is 16.9 Å². The van der Waals surface area contributed by atoms with Crippen molar-refractivity contribution in [1.29, 1.82) is 5.26 Å². The molecule has 2 saturated heterocycles. The Labute approximate surface area is 186 Å². The molecule has 0 aromatic carbocycles. The molecule has 2 atom stereocenters. The van der Waals surface area contributed by atoms with Gasteiger partial charge in [0, 0.05) is 35.1 Å². The Morgan fingerprint density at radius 1 is 1.28 bits per heavy atom. The summed E-state index contributed by atoms with van der Waals surface area (Å²) in [5.74, 6) is 3.28. The smallest absolute Gasteiger partial charge is 0.298 e. The van der Waals surface area contributed by atoms with Crippen LogP contribution in [0, 0.1) is 29.6 Å². The van der Waals surface area contributed by atoms with Crippen molar-refractivity contribution in [2.75, 3.05) is 6.61 Å². The maximum Gasteiger partial charge on any atom is 0.298 e. The zero-order chi connectivity index (χ0) is 22.2. The summed E-state index contributed by atoms with van der Waals surface area (Å²) in [7, 11) is 0. The summed E-state index contributed by atoms with van der Waals surface area (Å²) in [5, 5.41) is 13.8. The predicted octanol–water partition coefficient (Wildman–Crippen LogP) is 3.22. The second-order valence-electron chi connectivity index (χ2n) is 8.47. The molecule has 1 saturated carbocycles. The zero-order valence-electron chi connectivity index (χ0n) is 17.9. The number of piperidine rings is 1. The van der Waals surface area contributed by atoms with Gasteiger partial charge in [0.15, 0.2) is 0 Å². The molecule has 3 aliphatic rings. The van der Waals surface area contributed by atoms with Crippen LogP contribution in [0.5, 0.6) is 5.75 Å². The van der Waals surface area contributed by atoms with Gasteiger partial charge in [-0.3, -0.25) is 9.78 Å². The zero-order valence-corrected chi connectivity index (χ0v) is 17.9. The normalized spacial score (nSPS) is 21.5. The number of aromatic nitrogens is 3. The second-order valence-corrected chi connectivity index (χ2v) is 8.47. The molecule has 0 spiro atoms. The number of carbonyl (C=O) groups is 1. The van der Waals surface area contributed by atoms with Gasteiger partial charge >= 0.3 is 0 Å². The number of hydrogen-bond acceptors (Lipinski definition) is 5. The average Bonchev–Trinajstić information content (AvgIpc) is 3.22. The van der Waals surface area contributed by atoms with Crippen LogP contribution in [0.4, 0.5) is 0 Å². The number of nitriles is 1. The van der Waals surface area contributed by atoms with Crippen molar-refractivity contribution in [3.63, 3.8) is 0 Å². The Morgan fingerprint density at radius 3 is 2.75 bits per heavy atom. The highest BCUT2D eigenvalue weighted by atomic mass is 16.5. The fourth-order valence-electron chi connectivity index (χ4n) is 5.20. The van der Waals surface area contributed by atoms with Crippen molar-refractivity contribution in [2.24, 2.45) is 5.92 Å². The average molecular weight is 425 g/mol. The first-order valence-electron chi connectivity index (χ1n) is 10.9. The van der Waals surface area contributed by atoms with Crippen LogP contribution in [-0.4, -0.2) is 44.1 Å². The third-order valence-corrected chi connectivity index (χ3v) is 6.55. The van der Waals surface area contributed by atoms with E-state index in [1.807, 2.05) is 36.2 Å². The number of hydrogen-bond donors (Lipinski definition) is 0. The van der Waals surface area contributed by atoms with Crippen LogP contribution in [0.1, 0.15) is 37.4 Å². The molecule has 0 N–H and O–H groups in total. The number of rotatable bonds is 5. The summed E-state index contributed by atoms with van der Waals surface area (Å²) in [4.78, 5) is 18.5. The molecule has 2 aliphatic heterocycles. The SMILES string of the molecule is C#CC(=O)N1C2CC(Cc3ccc(-c4cc(OCC)cn5ncc(C#N)c45)cn3)CC1C2. The van der Waals surface area contributed by atoms with E-state index >= 15 is 0 Å². The topological polar surface area (TPSA) is 83.5 Å². The van der Waals surface area contributed by atoms with Gasteiger partial charge in [0.25, 0.3) is 5.91 Å². The summed E-state index contributed by atoms with van der Waals surface area (Å²) in [6.45, 7) is 2.48. The Kier molecular flexibility index (Phi) is 5.03. The predicted molar refractivity (Wildman–Crippen MR) is 119 cm³/mol. The lowest BCUT2D eigenvalue weighted by Crippen LogP contribution is -2.62. The van der Waals surface area contributed by atoms with Crippen LogP contribution < -0.4 is 4.74 Å². The van der Waals surface area contributed by atoms with Gasteiger partial charge in [-0.25, -0.2) is 4.52 Å². The molecule has 3 aromatic rings. The third-order valence-electron chi connectivity index (χ3n) is 6.55. The maximum atomic E-state index is 11.9. The van der Waals surface area contributed by atoms with Gasteiger partial charge in [-0.15, -0.1) is 6.42 Å².